The number of allylic oxidation sites excluding steroid dienone is 1. The lowest BCUT2D eigenvalue weighted by Crippen LogP contribution is -1.98. The Kier molecular flexibility index (Phi) is 2.99. The van der Waals surface area contributed by atoms with Crippen LogP contribution in [-0.2, 0) is 0 Å². The maximum absolute atomic E-state index is 13.1. The molecular weight excluding hydrogens is 259 g/mol. The summed E-state index contributed by atoms with van der Waals surface area (Å²) in [4.78, 5) is 12.2. The molecule has 0 radical (unpaired) electrons. The van der Waals surface area contributed by atoms with Gasteiger partial charge in [0, 0.05) is 6.07 Å². The van der Waals surface area contributed by atoms with Crippen LogP contribution in [0.2, 0.25) is 0 Å². The fraction of sp³-hybridized carbons (Fsp3) is 0.0625. The maximum atomic E-state index is 13.1. The third-order valence-electron chi connectivity index (χ3n) is 3.02. The summed E-state index contributed by atoms with van der Waals surface area (Å²) in [5.41, 5.74) is 1.06. The molecule has 3 nitrogen and oxygen atoms in total. The molecule has 0 bridgehead atoms. The highest BCUT2D eigenvalue weighted by molar-refractivity contribution is 6.14. The molecule has 0 unspecified atom stereocenters. The van der Waals surface area contributed by atoms with Gasteiger partial charge in [-0.3, -0.25) is 4.79 Å². The van der Waals surface area contributed by atoms with Gasteiger partial charge < -0.3 is 9.47 Å². The quantitative estimate of drug-likeness (QED) is 0.784. The topological polar surface area (TPSA) is 35.5 Å². The SMILES string of the molecule is COc1ccc2c(c1)O/C(=C/c1cccc(F)c1)C2=O. The molecule has 0 saturated heterocycles. The summed E-state index contributed by atoms with van der Waals surface area (Å²) < 4.78 is 23.7. The molecule has 1 aliphatic rings. The van der Waals surface area contributed by atoms with E-state index in [9.17, 15) is 9.18 Å². The zero-order valence-electron chi connectivity index (χ0n) is 10.7. The van der Waals surface area contributed by atoms with E-state index in [1.807, 2.05) is 0 Å². The number of rotatable bonds is 2. The molecule has 0 N–H and O–H groups in total. The minimum Gasteiger partial charge on any atom is -0.497 e. The third-order valence-corrected chi connectivity index (χ3v) is 3.02. The molecule has 0 aromatic heterocycles. The van der Waals surface area contributed by atoms with E-state index >= 15 is 0 Å². The van der Waals surface area contributed by atoms with Crippen LogP contribution < -0.4 is 9.47 Å². The first-order valence-electron chi connectivity index (χ1n) is 6.05. The first-order valence-corrected chi connectivity index (χ1v) is 6.05. The van der Waals surface area contributed by atoms with Gasteiger partial charge in [0.2, 0.25) is 5.78 Å². The fourth-order valence-corrected chi connectivity index (χ4v) is 2.04. The number of ether oxygens (including phenoxy) is 2. The molecule has 3 rings (SSSR count). The second kappa shape index (κ2) is 4.81. The Morgan fingerprint density at radius 2 is 2.05 bits per heavy atom. The number of carbonyl (C=O) groups is 1. The first kappa shape index (κ1) is 12.4. The lowest BCUT2D eigenvalue weighted by Gasteiger charge is -2.01. The average molecular weight is 270 g/mol. The first-order chi connectivity index (χ1) is 9.67. The van der Waals surface area contributed by atoms with Gasteiger partial charge in [0.05, 0.1) is 12.7 Å². The number of ketones is 1. The lowest BCUT2D eigenvalue weighted by atomic mass is 10.1. The minimum absolute atomic E-state index is 0.179. The fourth-order valence-electron chi connectivity index (χ4n) is 2.04. The van der Waals surface area contributed by atoms with Crippen LogP contribution in [0, 0.1) is 5.82 Å². The van der Waals surface area contributed by atoms with Crippen LogP contribution >= 0.6 is 0 Å². The van der Waals surface area contributed by atoms with Crippen molar-refractivity contribution in [2.24, 2.45) is 0 Å². The molecule has 0 spiro atoms. The van der Waals surface area contributed by atoms with Crippen molar-refractivity contribution < 1.29 is 18.7 Å². The lowest BCUT2D eigenvalue weighted by molar-refractivity contribution is 0.101. The minimum atomic E-state index is -0.357. The standard InChI is InChI=1S/C16H11FO3/c1-19-12-5-6-13-14(9-12)20-15(16(13)18)8-10-3-2-4-11(17)7-10/h2-9H,1H3/b15-8+. The normalized spacial score (nSPS) is 15.1. The summed E-state index contributed by atoms with van der Waals surface area (Å²) in [6.45, 7) is 0. The molecule has 0 saturated carbocycles. The number of fused-ring (bicyclic) bond motifs is 1. The molecule has 0 fully saturated rings. The summed E-state index contributed by atoms with van der Waals surface area (Å²) >= 11 is 0. The van der Waals surface area contributed by atoms with Gasteiger partial charge in [0.25, 0.3) is 0 Å². The van der Waals surface area contributed by atoms with Crippen LogP contribution in [0.1, 0.15) is 15.9 Å². The molecule has 2 aromatic rings. The monoisotopic (exact) mass is 270 g/mol. The van der Waals surface area contributed by atoms with Crippen molar-refractivity contribution in [3.8, 4) is 11.5 Å². The van der Waals surface area contributed by atoms with E-state index in [1.54, 1.807) is 37.4 Å². The number of hydrogen-bond donors (Lipinski definition) is 0. The molecule has 2 aromatic carbocycles. The Labute approximate surface area is 115 Å². The molecule has 0 amide bonds. The molecular formula is C16H11FO3. The summed E-state index contributed by atoms with van der Waals surface area (Å²) in [7, 11) is 1.54. The van der Waals surface area contributed by atoms with Crippen molar-refractivity contribution >= 4 is 11.9 Å². The molecule has 1 aliphatic heterocycles. The zero-order chi connectivity index (χ0) is 14.1. The van der Waals surface area contributed by atoms with Gasteiger partial charge in [-0.25, -0.2) is 4.39 Å². The molecule has 4 heteroatoms. The van der Waals surface area contributed by atoms with Gasteiger partial charge in [-0.05, 0) is 35.9 Å². The van der Waals surface area contributed by atoms with Crippen molar-refractivity contribution in [1.82, 2.24) is 0 Å². The third kappa shape index (κ3) is 2.16. The van der Waals surface area contributed by atoms with E-state index in [0.717, 1.165) is 0 Å². The van der Waals surface area contributed by atoms with E-state index in [0.29, 0.717) is 22.6 Å². The summed E-state index contributed by atoms with van der Waals surface area (Å²) in [6.07, 6.45) is 1.53. The summed E-state index contributed by atoms with van der Waals surface area (Å²) in [5, 5.41) is 0. The second-order valence-electron chi connectivity index (χ2n) is 4.36. The Morgan fingerprint density at radius 1 is 1.20 bits per heavy atom. The molecule has 1 heterocycles. The number of halogens is 1. The van der Waals surface area contributed by atoms with Crippen LogP contribution in [-0.4, -0.2) is 12.9 Å². The highest BCUT2D eigenvalue weighted by Crippen LogP contribution is 2.34. The predicted octanol–water partition coefficient (Wildman–Crippen LogP) is 3.45. The van der Waals surface area contributed by atoms with Crippen molar-refractivity contribution in [1.29, 1.82) is 0 Å². The van der Waals surface area contributed by atoms with Crippen molar-refractivity contribution in [3.63, 3.8) is 0 Å². The van der Waals surface area contributed by atoms with Gasteiger partial charge >= 0.3 is 0 Å². The highest BCUT2D eigenvalue weighted by atomic mass is 19.1. The van der Waals surface area contributed by atoms with Gasteiger partial charge in [-0.1, -0.05) is 12.1 Å². The smallest absolute Gasteiger partial charge is 0.231 e. The molecule has 20 heavy (non-hydrogen) atoms. The Morgan fingerprint density at radius 3 is 2.80 bits per heavy atom. The number of hydrogen-bond acceptors (Lipinski definition) is 3. The summed E-state index contributed by atoms with van der Waals surface area (Å²) in [5.74, 6) is 0.676. The molecule has 0 atom stereocenters. The van der Waals surface area contributed by atoms with E-state index in [4.69, 9.17) is 9.47 Å². The number of benzene rings is 2. The predicted molar refractivity (Wildman–Crippen MR) is 72.3 cm³/mol. The Hall–Kier alpha value is -2.62. The van der Waals surface area contributed by atoms with E-state index in [2.05, 4.69) is 0 Å². The molecule has 0 aliphatic carbocycles. The van der Waals surface area contributed by atoms with Gasteiger partial charge in [0.15, 0.2) is 5.76 Å². The largest absolute Gasteiger partial charge is 0.497 e. The van der Waals surface area contributed by atoms with Crippen LogP contribution in [0.25, 0.3) is 6.08 Å². The van der Waals surface area contributed by atoms with Crippen LogP contribution in [0.3, 0.4) is 0 Å². The molecule has 100 valence electrons. The number of Topliss-reactive ketones (excluding diaryl/α,β-unsaturated/α-hetero) is 1. The average Bonchev–Trinajstić information content (AvgIpc) is 2.75. The van der Waals surface area contributed by atoms with Gasteiger partial charge in [-0.2, -0.15) is 0 Å². The van der Waals surface area contributed by atoms with Crippen molar-refractivity contribution in [3.05, 3.63) is 65.2 Å². The van der Waals surface area contributed by atoms with Crippen molar-refractivity contribution in [2.75, 3.05) is 7.11 Å². The Balaban J connectivity index is 1.97. The highest BCUT2D eigenvalue weighted by Gasteiger charge is 2.27. The van der Waals surface area contributed by atoms with Crippen LogP contribution in [0.4, 0.5) is 4.39 Å². The maximum Gasteiger partial charge on any atom is 0.231 e. The van der Waals surface area contributed by atoms with Crippen LogP contribution in [0.15, 0.2) is 48.2 Å². The zero-order valence-corrected chi connectivity index (χ0v) is 10.7. The van der Waals surface area contributed by atoms with Crippen molar-refractivity contribution in [2.45, 2.75) is 0 Å². The van der Waals surface area contributed by atoms with E-state index < -0.39 is 0 Å². The number of carbonyl (C=O) groups excluding carboxylic acids is 1. The summed E-state index contributed by atoms with van der Waals surface area (Å²) in [6, 6.07) is 11.0. The second-order valence-corrected chi connectivity index (χ2v) is 4.36. The van der Waals surface area contributed by atoms with E-state index in [-0.39, 0.29) is 17.4 Å². The van der Waals surface area contributed by atoms with Crippen LogP contribution in [0.5, 0.6) is 11.5 Å². The Bertz CT molecular complexity index is 719. The van der Waals surface area contributed by atoms with Gasteiger partial charge in [0.1, 0.15) is 17.3 Å². The van der Waals surface area contributed by atoms with E-state index in [1.165, 1.54) is 18.2 Å². The van der Waals surface area contributed by atoms with Gasteiger partial charge in [-0.15, -0.1) is 0 Å². The number of methoxy groups -OCH3 is 1.